The van der Waals surface area contributed by atoms with Gasteiger partial charge in [-0.15, -0.1) is 0 Å². The van der Waals surface area contributed by atoms with Crippen LogP contribution in [0.2, 0.25) is 0 Å². The molecule has 0 saturated carbocycles. The van der Waals surface area contributed by atoms with Crippen LogP contribution in [0.3, 0.4) is 0 Å². The summed E-state index contributed by atoms with van der Waals surface area (Å²) < 4.78 is 50.8. The molecule has 1 aromatic rings. The zero-order valence-corrected chi connectivity index (χ0v) is 11.3. The van der Waals surface area contributed by atoms with Crippen molar-refractivity contribution in [3.05, 3.63) is 34.9 Å². The minimum Gasteiger partial charge on any atom is -0.293 e. The number of benzene rings is 1. The highest BCUT2D eigenvalue weighted by Gasteiger charge is 2.36. The first-order valence-corrected chi connectivity index (χ1v) is 7.76. The van der Waals surface area contributed by atoms with Gasteiger partial charge < -0.3 is 0 Å². The van der Waals surface area contributed by atoms with E-state index < -0.39 is 38.1 Å². The Balaban J connectivity index is 2.42. The Labute approximate surface area is 110 Å². The van der Waals surface area contributed by atoms with E-state index in [0.29, 0.717) is 12.8 Å². The highest BCUT2D eigenvalue weighted by Crippen LogP contribution is 2.25. The zero-order valence-electron chi connectivity index (χ0n) is 10.4. The van der Waals surface area contributed by atoms with Crippen molar-refractivity contribution in [1.29, 1.82) is 0 Å². The Kier molecular flexibility index (Phi) is 3.71. The summed E-state index contributed by atoms with van der Waals surface area (Å²) in [5, 5.41) is -1.24. The molecule has 1 aliphatic heterocycles. The van der Waals surface area contributed by atoms with E-state index in [2.05, 4.69) is 0 Å². The molecule has 0 aliphatic carbocycles. The van der Waals surface area contributed by atoms with E-state index in [0.717, 1.165) is 6.07 Å². The number of carbonyl (C=O) groups is 1. The fourth-order valence-corrected chi connectivity index (χ4v) is 4.13. The van der Waals surface area contributed by atoms with Crippen LogP contribution in [0.1, 0.15) is 35.2 Å². The minimum absolute atomic E-state index is 0.0701. The van der Waals surface area contributed by atoms with Crippen molar-refractivity contribution in [1.82, 2.24) is 0 Å². The second-order valence-corrected chi connectivity index (χ2v) is 7.08. The summed E-state index contributed by atoms with van der Waals surface area (Å²) in [6.45, 7) is 1.38. The molecule has 0 N–H and O–H groups in total. The summed E-state index contributed by atoms with van der Waals surface area (Å²) in [6, 6.07) is 2.43. The van der Waals surface area contributed by atoms with Crippen molar-refractivity contribution in [3.8, 4) is 0 Å². The van der Waals surface area contributed by atoms with Crippen molar-refractivity contribution in [3.63, 3.8) is 0 Å². The van der Waals surface area contributed by atoms with E-state index >= 15 is 0 Å². The number of sulfone groups is 1. The van der Waals surface area contributed by atoms with Gasteiger partial charge >= 0.3 is 0 Å². The molecule has 0 amide bonds. The van der Waals surface area contributed by atoms with E-state index in [1.807, 2.05) is 0 Å². The Morgan fingerprint density at radius 3 is 2.53 bits per heavy atom. The monoisotopic (exact) mass is 288 g/mol. The molecule has 1 atom stereocenters. The molecule has 1 aliphatic rings. The fourth-order valence-electron chi connectivity index (χ4n) is 2.26. The topological polar surface area (TPSA) is 51.2 Å². The molecule has 6 heteroatoms. The van der Waals surface area contributed by atoms with Crippen molar-refractivity contribution >= 4 is 15.6 Å². The SMILES string of the molecule is Cc1ccc(C(=O)C2CCCCS2(=O)=O)c(F)c1F. The Hall–Kier alpha value is -1.30. The zero-order chi connectivity index (χ0) is 14.2. The molecule has 19 heavy (non-hydrogen) atoms. The number of rotatable bonds is 2. The molecule has 1 heterocycles. The van der Waals surface area contributed by atoms with Gasteiger partial charge in [-0.25, -0.2) is 17.2 Å². The molecule has 1 unspecified atom stereocenters. The summed E-state index contributed by atoms with van der Waals surface area (Å²) >= 11 is 0. The first-order chi connectivity index (χ1) is 8.84. The van der Waals surface area contributed by atoms with E-state index in [-0.39, 0.29) is 17.7 Å². The number of hydrogen-bond acceptors (Lipinski definition) is 3. The number of Topliss-reactive ketones (excluding diaryl/α,β-unsaturated/α-hetero) is 1. The van der Waals surface area contributed by atoms with E-state index in [4.69, 9.17) is 0 Å². The normalized spacial score (nSPS) is 22.2. The molecule has 1 saturated heterocycles. The summed E-state index contributed by atoms with van der Waals surface area (Å²) in [5.74, 6) is -3.26. The molecule has 104 valence electrons. The average Bonchev–Trinajstić information content (AvgIpc) is 2.35. The van der Waals surface area contributed by atoms with Gasteiger partial charge in [-0.3, -0.25) is 4.79 Å². The molecule has 0 radical (unpaired) electrons. The fraction of sp³-hybridized carbons (Fsp3) is 0.462. The third-order valence-corrected chi connectivity index (χ3v) is 5.59. The molecule has 0 bridgehead atoms. The number of ketones is 1. The van der Waals surface area contributed by atoms with Gasteiger partial charge in [0.25, 0.3) is 0 Å². The quantitative estimate of drug-likeness (QED) is 0.785. The summed E-state index contributed by atoms with van der Waals surface area (Å²) in [6.07, 6.45) is 1.29. The van der Waals surface area contributed by atoms with Crippen molar-refractivity contribution in [2.75, 3.05) is 5.75 Å². The van der Waals surface area contributed by atoms with Crippen LogP contribution < -0.4 is 0 Å². The van der Waals surface area contributed by atoms with Gasteiger partial charge in [0.2, 0.25) is 0 Å². The smallest absolute Gasteiger partial charge is 0.184 e. The number of halogens is 2. The minimum atomic E-state index is -3.55. The van der Waals surface area contributed by atoms with Crippen molar-refractivity contribution < 1.29 is 22.0 Å². The predicted molar refractivity (Wildman–Crippen MR) is 66.9 cm³/mol. The number of aryl methyl sites for hydroxylation is 1. The van der Waals surface area contributed by atoms with Crippen molar-refractivity contribution in [2.45, 2.75) is 31.4 Å². The Bertz CT molecular complexity index is 623. The average molecular weight is 288 g/mol. The van der Waals surface area contributed by atoms with Crippen molar-refractivity contribution in [2.24, 2.45) is 0 Å². The van der Waals surface area contributed by atoms with Crippen LogP contribution in [-0.2, 0) is 9.84 Å². The Morgan fingerprint density at radius 1 is 1.21 bits per heavy atom. The summed E-state index contributed by atoms with van der Waals surface area (Å²) in [5.41, 5.74) is -0.390. The molecule has 0 aromatic heterocycles. The molecule has 0 spiro atoms. The lowest BCUT2D eigenvalue weighted by molar-refractivity contribution is 0.0976. The molecule has 2 rings (SSSR count). The lowest BCUT2D eigenvalue weighted by Gasteiger charge is -2.21. The second-order valence-electron chi connectivity index (χ2n) is 4.77. The van der Waals surface area contributed by atoms with Gasteiger partial charge in [-0.2, -0.15) is 0 Å². The number of hydrogen-bond donors (Lipinski definition) is 0. The standard InChI is InChI=1S/C13H14F2O3S/c1-8-5-6-9(12(15)11(8)14)13(16)10-4-2-3-7-19(10,17)18/h5-6,10H,2-4,7H2,1H3. The molecule has 1 aromatic carbocycles. The maximum absolute atomic E-state index is 13.7. The van der Waals surface area contributed by atoms with Gasteiger partial charge in [0.1, 0.15) is 5.25 Å². The van der Waals surface area contributed by atoms with Gasteiger partial charge in [-0.1, -0.05) is 12.5 Å². The van der Waals surface area contributed by atoms with Crippen LogP contribution >= 0.6 is 0 Å². The van der Waals surface area contributed by atoms with Crippen LogP contribution in [0, 0.1) is 18.6 Å². The second kappa shape index (κ2) is 5.00. The number of carbonyl (C=O) groups excluding carboxylic acids is 1. The third kappa shape index (κ3) is 2.54. The summed E-state index contributed by atoms with van der Waals surface area (Å²) in [4.78, 5) is 12.1. The van der Waals surface area contributed by atoms with E-state index in [1.54, 1.807) is 0 Å². The van der Waals surface area contributed by atoms with Gasteiger partial charge in [-0.05, 0) is 31.4 Å². The predicted octanol–water partition coefficient (Wildman–Crippen LogP) is 2.42. The van der Waals surface area contributed by atoms with Crippen LogP contribution in [0.5, 0.6) is 0 Å². The highest BCUT2D eigenvalue weighted by molar-refractivity contribution is 7.92. The summed E-state index contributed by atoms with van der Waals surface area (Å²) in [7, 11) is -3.55. The largest absolute Gasteiger partial charge is 0.293 e. The van der Waals surface area contributed by atoms with Gasteiger partial charge in [0.05, 0.1) is 11.3 Å². The van der Waals surface area contributed by atoms with E-state index in [9.17, 15) is 22.0 Å². The van der Waals surface area contributed by atoms with Gasteiger partial charge in [0.15, 0.2) is 27.3 Å². The third-order valence-electron chi connectivity index (χ3n) is 3.41. The lowest BCUT2D eigenvalue weighted by Crippen LogP contribution is -2.36. The Morgan fingerprint density at radius 2 is 1.89 bits per heavy atom. The lowest BCUT2D eigenvalue weighted by atomic mass is 10.0. The van der Waals surface area contributed by atoms with Gasteiger partial charge in [0, 0.05) is 0 Å². The van der Waals surface area contributed by atoms with Crippen LogP contribution in [0.15, 0.2) is 12.1 Å². The van der Waals surface area contributed by atoms with Crippen LogP contribution in [0.4, 0.5) is 8.78 Å². The molecular formula is C13H14F2O3S. The maximum atomic E-state index is 13.7. The molecule has 1 fully saturated rings. The van der Waals surface area contributed by atoms with Crippen LogP contribution in [-0.4, -0.2) is 25.2 Å². The first-order valence-electron chi connectivity index (χ1n) is 6.05. The van der Waals surface area contributed by atoms with E-state index in [1.165, 1.54) is 13.0 Å². The molecule has 3 nitrogen and oxygen atoms in total. The first kappa shape index (κ1) is 14.1. The molecular weight excluding hydrogens is 274 g/mol. The van der Waals surface area contributed by atoms with Crippen LogP contribution in [0.25, 0.3) is 0 Å². The maximum Gasteiger partial charge on any atom is 0.184 e. The highest BCUT2D eigenvalue weighted by atomic mass is 32.2.